The van der Waals surface area contributed by atoms with Crippen LogP contribution in [-0.2, 0) is 10.0 Å². The molecule has 1 N–H and O–H groups in total. The number of aryl methyl sites for hydroxylation is 1. The zero-order chi connectivity index (χ0) is 18.6. The molecule has 0 atom stereocenters. The summed E-state index contributed by atoms with van der Waals surface area (Å²) in [5.41, 5.74) is 1.81. The average molecular weight is 381 g/mol. The number of benzene rings is 2. The number of rotatable bonds is 6. The van der Waals surface area contributed by atoms with Crippen molar-refractivity contribution in [2.24, 2.45) is 0 Å². The lowest BCUT2D eigenvalue weighted by Crippen LogP contribution is -2.30. The minimum Gasteiger partial charge on any atom is -0.322 e. The van der Waals surface area contributed by atoms with Crippen molar-refractivity contribution in [3.63, 3.8) is 0 Å². The van der Waals surface area contributed by atoms with Gasteiger partial charge in [0.05, 0.1) is 15.5 Å². The van der Waals surface area contributed by atoms with E-state index in [1.165, 1.54) is 22.5 Å². The molecule has 0 aliphatic rings. The Balaban J connectivity index is 2.35. The number of amides is 1. The number of halogens is 1. The lowest BCUT2D eigenvalue weighted by atomic mass is 10.2. The first-order valence-electron chi connectivity index (χ1n) is 7.97. The molecular formula is C18H21ClN2O3S. The highest BCUT2D eigenvalue weighted by molar-refractivity contribution is 7.89. The molecule has 134 valence electrons. The second-order valence-corrected chi connectivity index (χ2v) is 7.90. The van der Waals surface area contributed by atoms with Gasteiger partial charge >= 0.3 is 0 Å². The fourth-order valence-electron chi connectivity index (χ4n) is 2.39. The van der Waals surface area contributed by atoms with Crippen LogP contribution in [0.3, 0.4) is 0 Å². The number of sulfonamides is 1. The summed E-state index contributed by atoms with van der Waals surface area (Å²) >= 11 is 6.11. The first-order chi connectivity index (χ1) is 11.8. The van der Waals surface area contributed by atoms with E-state index in [0.29, 0.717) is 18.8 Å². The van der Waals surface area contributed by atoms with Gasteiger partial charge in [-0.3, -0.25) is 4.79 Å². The Morgan fingerprint density at radius 2 is 1.68 bits per heavy atom. The van der Waals surface area contributed by atoms with Crippen molar-refractivity contribution in [2.75, 3.05) is 18.4 Å². The van der Waals surface area contributed by atoms with E-state index in [-0.39, 0.29) is 15.5 Å². The summed E-state index contributed by atoms with van der Waals surface area (Å²) in [4.78, 5) is 12.6. The SMILES string of the molecule is CCN(CC)S(=O)(=O)c1ccc(Cl)c(C(=O)Nc2ccc(C)cc2)c1. The third-order valence-electron chi connectivity index (χ3n) is 3.84. The molecule has 0 unspecified atom stereocenters. The van der Waals surface area contributed by atoms with Gasteiger partial charge in [-0.15, -0.1) is 0 Å². The van der Waals surface area contributed by atoms with Crippen molar-refractivity contribution < 1.29 is 13.2 Å². The second kappa shape index (κ2) is 7.99. The van der Waals surface area contributed by atoms with Gasteiger partial charge in [0, 0.05) is 18.8 Å². The molecule has 0 radical (unpaired) electrons. The van der Waals surface area contributed by atoms with Gasteiger partial charge in [0.25, 0.3) is 5.91 Å². The van der Waals surface area contributed by atoms with Crippen LogP contribution in [0.25, 0.3) is 0 Å². The minimum atomic E-state index is -3.66. The highest BCUT2D eigenvalue weighted by Gasteiger charge is 2.23. The van der Waals surface area contributed by atoms with Gasteiger partial charge < -0.3 is 5.32 Å². The Morgan fingerprint density at radius 1 is 1.08 bits per heavy atom. The van der Waals surface area contributed by atoms with E-state index in [1.807, 2.05) is 19.1 Å². The van der Waals surface area contributed by atoms with E-state index < -0.39 is 15.9 Å². The van der Waals surface area contributed by atoms with Crippen LogP contribution in [0.1, 0.15) is 29.8 Å². The molecule has 0 heterocycles. The topological polar surface area (TPSA) is 66.5 Å². The molecule has 0 aliphatic heterocycles. The van der Waals surface area contributed by atoms with Crippen molar-refractivity contribution in [1.29, 1.82) is 0 Å². The number of hydrogen-bond donors (Lipinski definition) is 1. The summed E-state index contributed by atoms with van der Waals surface area (Å²) in [7, 11) is -3.66. The number of anilines is 1. The van der Waals surface area contributed by atoms with Gasteiger partial charge in [-0.05, 0) is 37.3 Å². The van der Waals surface area contributed by atoms with E-state index in [9.17, 15) is 13.2 Å². The molecule has 2 aromatic rings. The monoisotopic (exact) mass is 380 g/mol. The Bertz CT molecular complexity index is 860. The first-order valence-corrected chi connectivity index (χ1v) is 9.79. The van der Waals surface area contributed by atoms with Gasteiger partial charge in [-0.25, -0.2) is 8.42 Å². The van der Waals surface area contributed by atoms with E-state index in [4.69, 9.17) is 11.6 Å². The van der Waals surface area contributed by atoms with E-state index in [2.05, 4.69) is 5.32 Å². The van der Waals surface area contributed by atoms with Crippen LogP contribution in [0, 0.1) is 6.92 Å². The molecule has 5 nitrogen and oxygen atoms in total. The van der Waals surface area contributed by atoms with Gasteiger partial charge in [0.15, 0.2) is 0 Å². The molecule has 1 amide bonds. The third kappa shape index (κ3) is 4.39. The maximum absolute atomic E-state index is 12.6. The van der Waals surface area contributed by atoms with Gasteiger partial charge in [0.1, 0.15) is 0 Å². The molecule has 2 aromatic carbocycles. The Hall–Kier alpha value is -1.89. The van der Waals surface area contributed by atoms with Crippen LogP contribution >= 0.6 is 11.6 Å². The quantitative estimate of drug-likeness (QED) is 0.825. The third-order valence-corrected chi connectivity index (χ3v) is 6.21. The Morgan fingerprint density at radius 3 is 2.24 bits per heavy atom. The summed E-state index contributed by atoms with van der Waals surface area (Å²) in [6.07, 6.45) is 0. The van der Waals surface area contributed by atoms with E-state index >= 15 is 0 Å². The van der Waals surface area contributed by atoms with Crippen LogP contribution in [0.5, 0.6) is 0 Å². The summed E-state index contributed by atoms with van der Waals surface area (Å²) in [6, 6.07) is 11.5. The summed E-state index contributed by atoms with van der Waals surface area (Å²) in [5, 5.41) is 2.93. The van der Waals surface area contributed by atoms with Gasteiger partial charge in [0.2, 0.25) is 10.0 Å². The van der Waals surface area contributed by atoms with E-state index in [0.717, 1.165) is 5.56 Å². The lowest BCUT2D eigenvalue weighted by molar-refractivity contribution is 0.102. The maximum Gasteiger partial charge on any atom is 0.257 e. The maximum atomic E-state index is 12.6. The molecule has 0 saturated heterocycles. The fraction of sp³-hybridized carbons (Fsp3) is 0.278. The Labute approximate surface area is 153 Å². The van der Waals surface area contributed by atoms with Crippen LogP contribution < -0.4 is 5.32 Å². The molecule has 7 heteroatoms. The summed E-state index contributed by atoms with van der Waals surface area (Å²) < 4.78 is 26.6. The average Bonchev–Trinajstić information content (AvgIpc) is 2.58. The molecule has 0 bridgehead atoms. The number of nitrogens with one attached hydrogen (secondary N) is 1. The van der Waals surface area contributed by atoms with Crippen molar-refractivity contribution in [3.8, 4) is 0 Å². The van der Waals surface area contributed by atoms with Crippen molar-refractivity contribution in [1.82, 2.24) is 4.31 Å². The predicted molar refractivity (Wildman–Crippen MR) is 101 cm³/mol. The first kappa shape index (κ1) is 19.4. The summed E-state index contributed by atoms with van der Waals surface area (Å²) in [6.45, 7) is 6.19. The largest absolute Gasteiger partial charge is 0.322 e. The molecule has 25 heavy (non-hydrogen) atoms. The van der Waals surface area contributed by atoms with E-state index in [1.54, 1.807) is 26.0 Å². The van der Waals surface area contributed by atoms with Crippen molar-refractivity contribution in [2.45, 2.75) is 25.7 Å². The standard InChI is InChI=1S/C18H21ClN2O3S/c1-4-21(5-2)25(23,24)15-10-11-17(19)16(12-15)18(22)20-14-8-6-13(3)7-9-14/h6-12H,4-5H2,1-3H3,(H,20,22). The van der Waals surface area contributed by atoms with Crippen molar-refractivity contribution >= 4 is 33.2 Å². The van der Waals surface area contributed by atoms with Crippen LogP contribution in [0.2, 0.25) is 5.02 Å². The van der Waals surface area contributed by atoms with Gasteiger partial charge in [-0.1, -0.05) is 43.1 Å². The normalized spacial score (nSPS) is 11.6. The molecule has 0 saturated carbocycles. The van der Waals surface area contributed by atoms with Gasteiger partial charge in [-0.2, -0.15) is 4.31 Å². The molecule has 0 aliphatic carbocycles. The smallest absolute Gasteiger partial charge is 0.257 e. The zero-order valence-electron chi connectivity index (χ0n) is 14.4. The molecule has 0 aromatic heterocycles. The lowest BCUT2D eigenvalue weighted by Gasteiger charge is -2.19. The van der Waals surface area contributed by atoms with Crippen LogP contribution in [0.15, 0.2) is 47.4 Å². The number of carbonyl (C=O) groups is 1. The molecular weight excluding hydrogens is 360 g/mol. The van der Waals surface area contributed by atoms with Crippen molar-refractivity contribution in [3.05, 3.63) is 58.6 Å². The Kier molecular flexibility index (Phi) is 6.21. The minimum absolute atomic E-state index is 0.0506. The summed E-state index contributed by atoms with van der Waals surface area (Å²) in [5.74, 6) is -0.453. The molecule has 0 spiro atoms. The van der Waals surface area contributed by atoms with Crippen LogP contribution in [-0.4, -0.2) is 31.7 Å². The number of hydrogen-bond acceptors (Lipinski definition) is 3. The highest BCUT2D eigenvalue weighted by Crippen LogP contribution is 2.24. The molecule has 2 rings (SSSR count). The highest BCUT2D eigenvalue weighted by atomic mass is 35.5. The number of nitrogens with zero attached hydrogens (tertiary/aromatic N) is 1. The van der Waals surface area contributed by atoms with Crippen LogP contribution in [0.4, 0.5) is 5.69 Å². The molecule has 0 fully saturated rings. The zero-order valence-corrected chi connectivity index (χ0v) is 16.0. The predicted octanol–water partition coefficient (Wildman–Crippen LogP) is 3.93. The fourth-order valence-corrected chi connectivity index (χ4v) is 4.07. The second-order valence-electron chi connectivity index (χ2n) is 5.55. The number of carbonyl (C=O) groups excluding carboxylic acids is 1.